The number of rotatable bonds is 3. The maximum atomic E-state index is 13.0. The van der Waals surface area contributed by atoms with E-state index in [1.807, 2.05) is 69.4 Å². The van der Waals surface area contributed by atoms with Crippen LogP contribution in [-0.2, 0) is 11.2 Å². The topological polar surface area (TPSA) is 40.6 Å². The lowest BCUT2D eigenvalue weighted by molar-refractivity contribution is -0.132. The van der Waals surface area contributed by atoms with Gasteiger partial charge in [0.15, 0.2) is 0 Å². The number of benzene rings is 1. The predicted octanol–water partition coefficient (Wildman–Crippen LogP) is 3.50. The molecule has 0 aliphatic carbocycles. The first kappa shape index (κ1) is 17.6. The normalized spacial score (nSPS) is 19.1. The molecule has 0 atom stereocenters. The van der Waals surface area contributed by atoms with Crippen molar-refractivity contribution < 1.29 is 9.59 Å². The summed E-state index contributed by atoms with van der Waals surface area (Å²) >= 11 is 3.52. The zero-order valence-corrected chi connectivity index (χ0v) is 16.2. The summed E-state index contributed by atoms with van der Waals surface area (Å²) in [4.78, 5) is 30.5. The van der Waals surface area contributed by atoms with Crippen molar-refractivity contribution >= 4 is 34.9 Å². The molecule has 2 saturated heterocycles. The molecule has 2 amide bonds. The fourth-order valence-electron chi connectivity index (χ4n) is 3.83. The molecule has 0 radical (unpaired) electrons. The van der Waals surface area contributed by atoms with E-state index in [0.29, 0.717) is 6.42 Å². The average molecular weight is 387 g/mol. The molecule has 2 aliphatic heterocycles. The first-order chi connectivity index (χ1) is 12.7. The molecular weight excluding hydrogens is 364 g/mol. The minimum absolute atomic E-state index is 0.119. The van der Waals surface area contributed by atoms with Gasteiger partial charge in [-0.1, -0.05) is 24.3 Å². The minimum Gasteiger partial charge on any atom is -0.342 e. The number of carbonyl (C=O) groups excluding carboxylic acids is 2. The summed E-state index contributed by atoms with van der Waals surface area (Å²) in [5.41, 5.74) is 0.755. The Labute approximate surface area is 162 Å². The Bertz CT molecular complexity index is 768. The van der Waals surface area contributed by atoms with Crippen LogP contribution >= 0.6 is 23.1 Å². The molecule has 3 heterocycles. The zero-order chi connectivity index (χ0) is 18.0. The molecule has 0 bridgehead atoms. The van der Waals surface area contributed by atoms with Gasteiger partial charge < -0.3 is 9.80 Å². The molecule has 1 spiro atoms. The molecule has 2 aromatic rings. The van der Waals surface area contributed by atoms with Crippen molar-refractivity contribution in [3.05, 3.63) is 58.3 Å². The molecule has 0 N–H and O–H groups in total. The summed E-state index contributed by atoms with van der Waals surface area (Å²) in [7, 11) is 0. The molecule has 1 aromatic carbocycles. The number of likely N-dealkylation sites (tertiary alicyclic amines) is 1. The second-order valence-electron chi connectivity index (χ2n) is 6.75. The first-order valence-electron chi connectivity index (χ1n) is 8.99. The van der Waals surface area contributed by atoms with Gasteiger partial charge in [0.1, 0.15) is 0 Å². The van der Waals surface area contributed by atoms with Gasteiger partial charge in [-0.15, -0.1) is 23.1 Å². The van der Waals surface area contributed by atoms with E-state index in [4.69, 9.17) is 0 Å². The van der Waals surface area contributed by atoms with Crippen molar-refractivity contribution in [1.29, 1.82) is 0 Å². The van der Waals surface area contributed by atoms with Crippen LogP contribution in [0.3, 0.4) is 0 Å². The first-order valence-corrected chi connectivity index (χ1v) is 10.9. The summed E-state index contributed by atoms with van der Waals surface area (Å²) in [6, 6.07) is 13.5. The van der Waals surface area contributed by atoms with Crippen LogP contribution in [0.4, 0.5) is 0 Å². The maximum absolute atomic E-state index is 13.0. The summed E-state index contributed by atoms with van der Waals surface area (Å²) in [6.07, 6.45) is 2.20. The Balaban J connectivity index is 1.42. The van der Waals surface area contributed by atoms with Crippen molar-refractivity contribution in [2.24, 2.45) is 0 Å². The lowest BCUT2D eigenvalue weighted by Crippen LogP contribution is -2.53. The molecule has 0 saturated carbocycles. The fourth-order valence-corrected chi connectivity index (χ4v) is 5.98. The van der Waals surface area contributed by atoms with Crippen molar-refractivity contribution in [3.8, 4) is 0 Å². The second kappa shape index (κ2) is 7.45. The highest BCUT2D eigenvalue weighted by molar-refractivity contribution is 8.00. The van der Waals surface area contributed by atoms with Crippen molar-refractivity contribution in [2.45, 2.75) is 24.1 Å². The van der Waals surface area contributed by atoms with Gasteiger partial charge in [-0.25, -0.2) is 0 Å². The van der Waals surface area contributed by atoms with E-state index in [1.165, 1.54) is 0 Å². The van der Waals surface area contributed by atoms with Crippen LogP contribution in [0, 0.1) is 0 Å². The SMILES string of the molecule is O=C(Cc1cccs1)N1CCC2(CC1)SCCN2C(=O)c1ccccc1. The van der Waals surface area contributed by atoms with Gasteiger partial charge in [-0.3, -0.25) is 9.59 Å². The van der Waals surface area contributed by atoms with Crippen molar-refractivity contribution in [1.82, 2.24) is 9.80 Å². The average Bonchev–Trinajstić information content (AvgIpc) is 3.33. The van der Waals surface area contributed by atoms with Crippen LogP contribution in [0.1, 0.15) is 28.1 Å². The van der Waals surface area contributed by atoms with E-state index in [-0.39, 0.29) is 16.7 Å². The van der Waals surface area contributed by atoms with Crippen molar-refractivity contribution in [2.75, 3.05) is 25.4 Å². The van der Waals surface area contributed by atoms with Crippen LogP contribution < -0.4 is 0 Å². The third-order valence-electron chi connectivity index (χ3n) is 5.25. The standard InChI is InChI=1S/C20H22N2O2S2/c23-18(15-17-7-4-13-25-17)21-10-8-20(9-11-21)22(12-14-26-20)19(24)16-5-2-1-3-6-16/h1-7,13H,8-12,14-15H2. The van der Waals surface area contributed by atoms with E-state index in [2.05, 4.69) is 0 Å². The lowest BCUT2D eigenvalue weighted by Gasteiger charge is -2.44. The summed E-state index contributed by atoms with van der Waals surface area (Å²) in [5, 5.41) is 2.01. The molecule has 4 rings (SSSR count). The maximum Gasteiger partial charge on any atom is 0.254 e. The molecule has 2 fully saturated rings. The summed E-state index contributed by atoms with van der Waals surface area (Å²) in [5.74, 6) is 1.29. The third-order valence-corrected chi connectivity index (χ3v) is 7.68. The molecular formula is C20H22N2O2S2. The van der Waals surface area contributed by atoms with Gasteiger partial charge in [0.05, 0.1) is 11.3 Å². The Morgan fingerprint density at radius 2 is 1.77 bits per heavy atom. The molecule has 4 nitrogen and oxygen atoms in total. The summed E-state index contributed by atoms with van der Waals surface area (Å²) in [6.45, 7) is 2.26. The Hall–Kier alpha value is -1.79. The Morgan fingerprint density at radius 3 is 2.46 bits per heavy atom. The number of thiophene rings is 1. The van der Waals surface area contributed by atoms with E-state index in [0.717, 1.165) is 48.7 Å². The lowest BCUT2D eigenvalue weighted by atomic mass is 10.0. The van der Waals surface area contributed by atoms with E-state index >= 15 is 0 Å². The van der Waals surface area contributed by atoms with Crippen LogP contribution in [0.5, 0.6) is 0 Å². The second-order valence-corrected chi connectivity index (χ2v) is 9.24. The predicted molar refractivity (Wildman–Crippen MR) is 107 cm³/mol. The van der Waals surface area contributed by atoms with Crippen molar-refractivity contribution in [3.63, 3.8) is 0 Å². The number of nitrogens with zero attached hydrogens (tertiary/aromatic N) is 2. The van der Waals surface area contributed by atoms with Crippen LogP contribution in [-0.4, -0.2) is 51.9 Å². The number of hydrogen-bond acceptors (Lipinski definition) is 4. The highest BCUT2D eigenvalue weighted by Gasteiger charge is 2.46. The molecule has 1 aromatic heterocycles. The van der Waals surface area contributed by atoms with E-state index in [1.54, 1.807) is 11.3 Å². The minimum atomic E-state index is -0.146. The summed E-state index contributed by atoms with van der Waals surface area (Å²) < 4.78 is 0. The van der Waals surface area contributed by atoms with E-state index in [9.17, 15) is 9.59 Å². The highest BCUT2D eigenvalue weighted by Crippen LogP contribution is 2.44. The molecule has 26 heavy (non-hydrogen) atoms. The van der Waals surface area contributed by atoms with Gasteiger partial charge in [-0.05, 0) is 36.4 Å². The van der Waals surface area contributed by atoms with Gasteiger partial charge >= 0.3 is 0 Å². The fraction of sp³-hybridized carbons (Fsp3) is 0.400. The number of hydrogen-bond donors (Lipinski definition) is 0. The zero-order valence-electron chi connectivity index (χ0n) is 14.6. The largest absolute Gasteiger partial charge is 0.342 e. The van der Waals surface area contributed by atoms with Gasteiger partial charge in [0, 0.05) is 35.8 Å². The van der Waals surface area contributed by atoms with Gasteiger partial charge in [0.2, 0.25) is 5.91 Å². The van der Waals surface area contributed by atoms with Gasteiger partial charge in [0.25, 0.3) is 5.91 Å². The Kier molecular flexibility index (Phi) is 5.05. The quantitative estimate of drug-likeness (QED) is 0.811. The number of piperidine rings is 1. The highest BCUT2D eigenvalue weighted by atomic mass is 32.2. The molecule has 0 unspecified atom stereocenters. The number of amides is 2. The monoisotopic (exact) mass is 386 g/mol. The van der Waals surface area contributed by atoms with Crippen LogP contribution in [0.25, 0.3) is 0 Å². The van der Waals surface area contributed by atoms with Crippen LogP contribution in [0.2, 0.25) is 0 Å². The van der Waals surface area contributed by atoms with Gasteiger partial charge in [-0.2, -0.15) is 0 Å². The molecule has 2 aliphatic rings. The number of thioether (sulfide) groups is 1. The van der Waals surface area contributed by atoms with Crippen LogP contribution in [0.15, 0.2) is 47.8 Å². The third kappa shape index (κ3) is 3.40. The number of carbonyl (C=O) groups is 2. The molecule has 6 heteroatoms. The smallest absolute Gasteiger partial charge is 0.254 e. The van der Waals surface area contributed by atoms with E-state index < -0.39 is 0 Å². The Morgan fingerprint density at radius 1 is 1.00 bits per heavy atom. The molecule has 136 valence electrons.